The molecule has 102 valence electrons. The predicted octanol–water partition coefficient (Wildman–Crippen LogP) is 1.12. The molecule has 0 spiro atoms. The van der Waals surface area contributed by atoms with Gasteiger partial charge in [0.05, 0.1) is 6.61 Å². The van der Waals surface area contributed by atoms with E-state index in [1.165, 1.54) is 6.92 Å². The zero-order chi connectivity index (χ0) is 13.9. The summed E-state index contributed by atoms with van der Waals surface area (Å²) in [4.78, 5) is 14.2. The lowest BCUT2D eigenvalue weighted by Gasteiger charge is -2.13. The third-order valence-electron chi connectivity index (χ3n) is 1.89. The maximum Gasteiger partial charge on any atom is 0.434 e. The summed E-state index contributed by atoms with van der Waals surface area (Å²) in [5.74, 6) is -1.12. The number of nitrogens with zero attached hydrogens (tertiary/aromatic N) is 1. The Morgan fingerprint density at radius 2 is 2.17 bits per heavy atom. The number of ether oxygens (including phenoxy) is 1. The fraction of sp³-hybridized carbons (Fsp3) is 0.556. The average molecular weight is 285 g/mol. The second-order valence-corrected chi connectivity index (χ2v) is 4.10. The van der Waals surface area contributed by atoms with Crippen LogP contribution in [0.5, 0.6) is 0 Å². The maximum absolute atomic E-state index is 12.3. The van der Waals surface area contributed by atoms with Crippen molar-refractivity contribution in [1.82, 2.24) is 4.98 Å². The molecule has 0 aliphatic carbocycles. The van der Waals surface area contributed by atoms with Crippen LogP contribution in [0.3, 0.4) is 0 Å². The molecule has 18 heavy (non-hydrogen) atoms. The first-order chi connectivity index (χ1) is 8.27. The molecule has 0 saturated carbocycles. The fourth-order valence-electron chi connectivity index (χ4n) is 1.05. The van der Waals surface area contributed by atoms with Gasteiger partial charge in [0.1, 0.15) is 11.1 Å². The van der Waals surface area contributed by atoms with Crippen LogP contribution in [0.4, 0.5) is 13.2 Å². The minimum Gasteiger partial charge on any atom is -0.464 e. The Hall–Kier alpha value is -1.19. The Morgan fingerprint density at radius 1 is 1.56 bits per heavy atom. The van der Waals surface area contributed by atoms with Gasteiger partial charge in [-0.3, -0.25) is 0 Å². The summed E-state index contributed by atoms with van der Waals surface area (Å²) in [7, 11) is 0. The summed E-state index contributed by atoms with van der Waals surface area (Å²) in [6, 6.07) is 0. The van der Waals surface area contributed by atoms with E-state index in [2.05, 4.69) is 9.72 Å². The van der Waals surface area contributed by atoms with Crippen molar-refractivity contribution in [2.75, 3.05) is 6.61 Å². The lowest BCUT2D eigenvalue weighted by Crippen LogP contribution is -2.29. The minimum absolute atomic E-state index is 0.0196. The van der Waals surface area contributed by atoms with Crippen LogP contribution in [0.25, 0.3) is 0 Å². The van der Waals surface area contributed by atoms with Gasteiger partial charge >= 0.3 is 12.1 Å². The van der Waals surface area contributed by atoms with Crippen LogP contribution in [0, 0.1) is 0 Å². The van der Waals surface area contributed by atoms with Crippen LogP contribution in [0.15, 0.2) is 5.38 Å². The maximum atomic E-state index is 12.3. The highest BCUT2D eigenvalue weighted by Crippen LogP contribution is 2.32. The fourth-order valence-corrected chi connectivity index (χ4v) is 1.88. The van der Waals surface area contributed by atoms with Crippen LogP contribution in [-0.4, -0.2) is 33.9 Å². The van der Waals surface area contributed by atoms with E-state index in [1.807, 2.05) is 0 Å². The van der Waals surface area contributed by atoms with Crippen molar-refractivity contribution >= 4 is 17.3 Å². The summed E-state index contributed by atoms with van der Waals surface area (Å²) in [6.07, 6.45) is -8.44. The molecule has 2 unspecified atom stereocenters. The molecule has 0 aromatic carbocycles. The van der Waals surface area contributed by atoms with Gasteiger partial charge in [0, 0.05) is 5.38 Å². The Balaban J connectivity index is 2.81. The van der Waals surface area contributed by atoms with E-state index in [-0.39, 0.29) is 6.61 Å². The highest BCUT2D eigenvalue weighted by atomic mass is 32.1. The van der Waals surface area contributed by atoms with Crippen molar-refractivity contribution in [3.63, 3.8) is 0 Å². The molecule has 0 amide bonds. The van der Waals surface area contributed by atoms with Crippen molar-refractivity contribution in [2.45, 2.75) is 25.3 Å². The first-order valence-electron chi connectivity index (χ1n) is 4.82. The summed E-state index contributed by atoms with van der Waals surface area (Å²) in [5, 5.41) is 19.1. The van der Waals surface area contributed by atoms with Crippen molar-refractivity contribution in [1.29, 1.82) is 0 Å². The van der Waals surface area contributed by atoms with Crippen molar-refractivity contribution in [2.24, 2.45) is 0 Å². The molecule has 2 atom stereocenters. The summed E-state index contributed by atoms with van der Waals surface area (Å²) in [6.45, 7) is 1.47. The molecule has 0 fully saturated rings. The van der Waals surface area contributed by atoms with E-state index < -0.39 is 35.1 Å². The molecule has 0 saturated heterocycles. The molecular weight excluding hydrogens is 275 g/mol. The van der Waals surface area contributed by atoms with Crippen LogP contribution in [-0.2, 0) is 15.7 Å². The van der Waals surface area contributed by atoms with Crippen LogP contribution < -0.4 is 0 Å². The number of thiazole rings is 1. The Kier molecular flexibility index (Phi) is 4.65. The van der Waals surface area contributed by atoms with Gasteiger partial charge in [-0.15, -0.1) is 11.3 Å². The molecular formula is C9H10F3NO4S. The zero-order valence-electron chi connectivity index (χ0n) is 9.14. The largest absolute Gasteiger partial charge is 0.464 e. The lowest BCUT2D eigenvalue weighted by molar-refractivity contribution is -0.159. The normalized spacial score (nSPS) is 15.2. The van der Waals surface area contributed by atoms with Crippen molar-refractivity contribution in [3.8, 4) is 0 Å². The predicted molar refractivity (Wildman–Crippen MR) is 54.7 cm³/mol. The quantitative estimate of drug-likeness (QED) is 0.810. The van der Waals surface area contributed by atoms with E-state index in [1.54, 1.807) is 0 Å². The van der Waals surface area contributed by atoms with Gasteiger partial charge in [-0.2, -0.15) is 13.2 Å². The molecule has 0 radical (unpaired) electrons. The average Bonchev–Trinajstić information content (AvgIpc) is 2.76. The Morgan fingerprint density at radius 3 is 2.61 bits per heavy atom. The Labute approximate surface area is 104 Å². The smallest absolute Gasteiger partial charge is 0.434 e. The standard InChI is InChI=1S/C9H10F3NO4S/c1-2-17-8(16)6(15)5(14)7-13-4(3-18-7)9(10,11)12/h3,5-6,14-15H,2H2,1H3. The summed E-state index contributed by atoms with van der Waals surface area (Å²) < 4.78 is 41.2. The topological polar surface area (TPSA) is 79.7 Å². The molecule has 1 aromatic heterocycles. The molecule has 9 heteroatoms. The number of carbonyl (C=O) groups is 1. The van der Waals surface area contributed by atoms with Gasteiger partial charge in [0.15, 0.2) is 11.8 Å². The number of aliphatic hydroxyl groups excluding tert-OH is 2. The summed E-state index contributed by atoms with van der Waals surface area (Å²) >= 11 is 0.499. The molecule has 1 rings (SSSR count). The van der Waals surface area contributed by atoms with Crippen molar-refractivity contribution < 1.29 is 32.9 Å². The van der Waals surface area contributed by atoms with Gasteiger partial charge in [0.25, 0.3) is 0 Å². The van der Waals surface area contributed by atoms with Gasteiger partial charge in [-0.05, 0) is 6.92 Å². The lowest BCUT2D eigenvalue weighted by atomic mass is 10.2. The van der Waals surface area contributed by atoms with E-state index in [0.717, 1.165) is 0 Å². The molecule has 0 aliphatic heterocycles. The van der Waals surface area contributed by atoms with Crippen LogP contribution >= 0.6 is 11.3 Å². The third-order valence-corrected chi connectivity index (χ3v) is 2.81. The number of carbonyl (C=O) groups excluding carboxylic acids is 1. The number of hydrogen-bond acceptors (Lipinski definition) is 6. The molecule has 1 heterocycles. The van der Waals surface area contributed by atoms with E-state index in [9.17, 15) is 28.2 Å². The molecule has 5 nitrogen and oxygen atoms in total. The molecule has 0 aliphatic rings. The minimum atomic E-state index is -4.64. The molecule has 2 N–H and O–H groups in total. The van der Waals surface area contributed by atoms with Crippen LogP contribution in [0.1, 0.15) is 23.7 Å². The number of aromatic nitrogens is 1. The number of esters is 1. The van der Waals surface area contributed by atoms with E-state index in [0.29, 0.717) is 16.7 Å². The molecule has 0 bridgehead atoms. The van der Waals surface area contributed by atoms with E-state index in [4.69, 9.17) is 0 Å². The first-order valence-corrected chi connectivity index (χ1v) is 5.70. The third kappa shape index (κ3) is 3.40. The second-order valence-electron chi connectivity index (χ2n) is 3.21. The summed E-state index contributed by atoms with van der Waals surface area (Å²) in [5.41, 5.74) is -1.18. The number of hydrogen-bond donors (Lipinski definition) is 2. The zero-order valence-corrected chi connectivity index (χ0v) is 9.96. The van der Waals surface area contributed by atoms with Gasteiger partial charge in [-0.1, -0.05) is 0 Å². The Bertz CT molecular complexity index is 420. The first kappa shape index (κ1) is 14.9. The molecule has 1 aromatic rings. The number of rotatable bonds is 4. The highest BCUT2D eigenvalue weighted by Gasteiger charge is 2.36. The van der Waals surface area contributed by atoms with Crippen molar-refractivity contribution in [3.05, 3.63) is 16.1 Å². The highest BCUT2D eigenvalue weighted by molar-refractivity contribution is 7.09. The van der Waals surface area contributed by atoms with Gasteiger partial charge < -0.3 is 14.9 Å². The number of alkyl halides is 3. The monoisotopic (exact) mass is 285 g/mol. The number of aliphatic hydroxyl groups is 2. The SMILES string of the molecule is CCOC(=O)C(O)C(O)c1nc(C(F)(F)F)cs1. The van der Waals surface area contributed by atoms with Gasteiger partial charge in [-0.25, -0.2) is 9.78 Å². The second kappa shape index (κ2) is 5.63. The van der Waals surface area contributed by atoms with Crippen LogP contribution in [0.2, 0.25) is 0 Å². The van der Waals surface area contributed by atoms with Gasteiger partial charge in [0.2, 0.25) is 0 Å². The van der Waals surface area contributed by atoms with E-state index >= 15 is 0 Å². The number of halogens is 3.